The number of nitrogens with zero attached hydrogens (tertiary/aromatic N) is 2. The van der Waals surface area contributed by atoms with Gasteiger partial charge in [-0.1, -0.05) is 0 Å². The van der Waals surface area contributed by atoms with Crippen LogP contribution in [0.2, 0.25) is 0 Å². The molecule has 0 aliphatic heterocycles. The summed E-state index contributed by atoms with van der Waals surface area (Å²) in [4.78, 5) is 29.8. The monoisotopic (exact) mass is 538 g/mol. The van der Waals surface area contributed by atoms with E-state index < -0.39 is 11.9 Å². The Hall–Kier alpha value is -1.72. The molecule has 134 valence electrons. The van der Waals surface area contributed by atoms with Crippen molar-refractivity contribution in [2.75, 3.05) is 25.7 Å². The number of carbonyl (C=O) groups is 2. The van der Waals surface area contributed by atoms with Crippen LogP contribution in [0.15, 0.2) is 31.6 Å². The molecule has 0 atom stereocenters. The van der Waals surface area contributed by atoms with Gasteiger partial charge in [-0.25, -0.2) is 19.6 Å². The molecule has 0 unspecified atom stereocenters. The van der Waals surface area contributed by atoms with Crippen LogP contribution >= 0.6 is 47.8 Å². The number of esters is 2. The van der Waals surface area contributed by atoms with Gasteiger partial charge in [0.05, 0.1) is 27.6 Å². The summed E-state index contributed by atoms with van der Waals surface area (Å²) in [7, 11) is 2.58. The van der Waals surface area contributed by atoms with Gasteiger partial charge in [0.1, 0.15) is 11.6 Å². The molecule has 0 bridgehead atoms. The molecule has 0 saturated carbocycles. The second-order valence-corrected chi connectivity index (χ2v) is 6.80. The number of hydrogen-bond donors (Lipinski definition) is 2. The van der Waals surface area contributed by atoms with Gasteiger partial charge in [-0.3, -0.25) is 0 Å². The van der Waals surface area contributed by atoms with Crippen LogP contribution in [-0.4, -0.2) is 36.1 Å². The number of ether oxygens (including phenoxy) is 2. The third kappa shape index (κ3) is 5.94. The minimum absolute atomic E-state index is 0.170. The Balaban J connectivity index is 0.000000251. The summed E-state index contributed by atoms with van der Waals surface area (Å²) < 4.78 is 10.7. The molecule has 11 heteroatoms. The van der Waals surface area contributed by atoms with Gasteiger partial charge in [0.2, 0.25) is 0 Å². The number of nitrogens with two attached hydrogens (primary N) is 2. The van der Waals surface area contributed by atoms with Crippen molar-refractivity contribution in [1.29, 1.82) is 0 Å². The largest absolute Gasteiger partial charge is 0.464 e. The number of methoxy groups -OCH3 is 2. The normalized spacial score (nSPS) is 9.64. The van der Waals surface area contributed by atoms with E-state index in [0.717, 1.165) is 0 Å². The lowest BCUT2D eigenvalue weighted by Gasteiger charge is -2.03. The standard InChI is InChI=1S/C7H6Br2N2O2.C7H7BrN2O2/c1-13-7(12)5-3(8)2-4(9)6(10)11-5;1-12-7(11)6-4(8)2-3-5(9)10-6/h2H,1H3,(H2,10,11);2-3H,1H3,(H2,9,10). The third-order valence-corrected chi connectivity index (χ3v) is 4.46. The van der Waals surface area contributed by atoms with E-state index in [1.807, 2.05) is 0 Å². The van der Waals surface area contributed by atoms with Crippen LogP contribution < -0.4 is 11.5 Å². The molecule has 8 nitrogen and oxygen atoms in total. The summed E-state index contributed by atoms with van der Waals surface area (Å²) in [6, 6.07) is 4.89. The first-order chi connectivity index (χ1) is 11.7. The zero-order valence-corrected chi connectivity index (χ0v) is 17.8. The van der Waals surface area contributed by atoms with Crippen LogP contribution in [0, 0.1) is 0 Å². The van der Waals surface area contributed by atoms with Gasteiger partial charge >= 0.3 is 11.9 Å². The van der Waals surface area contributed by atoms with Gasteiger partial charge in [-0.15, -0.1) is 0 Å². The maximum atomic E-state index is 11.1. The number of hydrogen-bond acceptors (Lipinski definition) is 8. The van der Waals surface area contributed by atoms with E-state index in [1.54, 1.807) is 18.2 Å². The molecule has 0 amide bonds. The Morgan fingerprint density at radius 1 is 0.880 bits per heavy atom. The van der Waals surface area contributed by atoms with Crippen LogP contribution in [0.5, 0.6) is 0 Å². The average molecular weight is 541 g/mol. The molecule has 2 rings (SSSR count). The number of nitrogen functional groups attached to an aromatic ring is 2. The van der Waals surface area contributed by atoms with Gasteiger partial charge < -0.3 is 20.9 Å². The Kier molecular flexibility index (Phi) is 8.26. The molecular weight excluding hydrogens is 528 g/mol. The van der Waals surface area contributed by atoms with E-state index in [2.05, 4.69) is 67.2 Å². The highest BCUT2D eigenvalue weighted by atomic mass is 79.9. The fraction of sp³-hybridized carbons (Fsp3) is 0.143. The zero-order valence-electron chi connectivity index (χ0n) is 13.0. The molecular formula is C14H13Br3N4O4. The van der Waals surface area contributed by atoms with Crippen molar-refractivity contribution in [2.24, 2.45) is 0 Å². The molecule has 0 aliphatic carbocycles. The predicted molar refractivity (Wildman–Crippen MR) is 103 cm³/mol. The highest BCUT2D eigenvalue weighted by Crippen LogP contribution is 2.25. The molecule has 4 N–H and O–H groups in total. The summed E-state index contributed by atoms with van der Waals surface area (Å²) in [6.07, 6.45) is 0. The topological polar surface area (TPSA) is 130 Å². The van der Waals surface area contributed by atoms with Crippen LogP contribution in [0.4, 0.5) is 11.6 Å². The Morgan fingerprint density at radius 3 is 1.92 bits per heavy atom. The minimum atomic E-state index is -0.522. The molecule has 0 radical (unpaired) electrons. The number of carbonyl (C=O) groups excluding carboxylic acids is 2. The molecule has 0 saturated heterocycles. The average Bonchev–Trinajstić information content (AvgIpc) is 2.59. The SMILES string of the molecule is COC(=O)c1nc(N)c(Br)cc1Br.COC(=O)c1nc(N)ccc1Br. The molecule has 0 spiro atoms. The molecule has 0 fully saturated rings. The second-order valence-electron chi connectivity index (χ2n) is 4.24. The van der Waals surface area contributed by atoms with Crippen LogP contribution in [0.25, 0.3) is 0 Å². The first-order valence-corrected chi connectivity index (χ1v) is 8.79. The smallest absolute Gasteiger partial charge is 0.357 e. The highest BCUT2D eigenvalue weighted by Gasteiger charge is 2.14. The molecule has 0 aromatic carbocycles. The molecule has 2 heterocycles. The van der Waals surface area contributed by atoms with Crippen molar-refractivity contribution < 1.29 is 19.1 Å². The molecule has 25 heavy (non-hydrogen) atoms. The van der Waals surface area contributed by atoms with Gasteiger partial charge in [0.15, 0.2) is 11.4 Å². The molecule has 2 aromatic heterocycles. The number of rotatable bonds is 2. The summed E-state index contributed by atoms with van der Waals surface area (Å²) in [6.45, 7) is 0. The number of aromatic nitrogens is 2. The Labute approximate surface area is 168 Å². The van der Waals surface area contributed by atoms with Crippen LogP contribution in [0.3, 0.4) is 0 Å². The lowest BCUT2D eigenvalue weighted by molar-refractivity contribution is 0.0584. The number of halogens is 3. The van der Waals surface area contributed by atoms with Crippen molar-refractivity contribution in [2.45, 2.75) is 0 Å². The van der Waals surface area contributed by atoms with Gasteiger partial charge in [0.25, 0.3) is 0 Å². The Bertz CT molecular complexity index is 802. The summed E-state index contributed by atoms with van der Waals surface area (Å²) in [5, 5.41) is 0. The van der Waals surface area contributed by atoms with Crippen molar-refractivity contribution >= 4 is 71.4 Å². The quantitative estimate of drug-likeness (QED) is 0.555. The van der Waals surface area contributed by atoms with E-state index in [-0.39, 0.29) is 17.2 Å². The first kappa shape index (κ1) is 21.3. The first-order valence-electron chi connectivity index (χ1n) is 6.41. The zero-order chi connectivity index (χ0) is 19.1. The van der Waals surface area contributed by atoms with Gasteiger partial charge in [-0.05, 0) is 66.0 Å². The van der Waals surface area contributed by atoms with Crippen molar-refractivity contribution in [1.82, 2.24) is 9.97 Å². The van der Waals surface area contributed by atoms with E-state index in [9.17, 15) is 9.59 Å². The minimum Gasteiger partial charge on any atom is -0.464 e. The lowest BCUT2D eigenvalue weighted by atomic mass is 10.3. The van der Waals surface area contributed by atoms with E-state index >= 15 is 0 Å². The summed E-state index contributed by atoms with van der Waals surface area (Å²) in [5.41, 5.74) is 11.2. The predicted octanol–water partition coefficient (Wildman–Crippen LogP) is 3.19. The summed E-state index contributed by atoms with van der Waals surface area (Å²) in [5.74, 6) is -0.484. The van der Waals surface area contributed by atoms with E-state index in [4.69, 9.17) is 11.5 Å². The van der Waals surface area contributed by atoms with Crippen molar-refractivity contribution in [3.63, 3.8) is 0 Å². The van der Waals surface area contributed by atoms with Crippen LogP contribution in [-0.2, 0) is 9.47 Å². The number of pyridine rings is 2. The third-order valence-electron chi connectivity index (χ3n) is 2.58. The van der Waals surface area contributed by atoms with Gasteiger partial charge in [-0.2, -0.15) is 0 Å². The Morgan fingerprint density at radius 2 is 1.40 bits per heavy atom. The fourth-order valence-electron chi connectivity index (χ4n) is 1.42. The summed E-state index contributed by atoms with van der Waals surface area (Å²) >= 11 is 9.51. The number of anilines is 2. The maximum Gasteiger partial charge on any atom is 0.357 e. The van der Waals surface area contributed by atoms with Crippen molar-refractivity contribution in [3.8, 4) is 0 Å². The molecule has 2 aromatic rings. The fourth-order valence-corrected chi connectivity index (χ4v) is 2.90. The molecule has 0 aliphatic rings. The highest BCUT2D eigenvalue weighted by molar-refractivity contribution is 9.11. The van der Waals surface area contributed by atoms with E-state index in [1.165, 1.54) is 14.2 Å². The second kappa shape index (κ2) is 9.68. The van der Waals surface area contributed by atoms with Crippen LogP contribution in [0.1, 0.15) is 21.0 Å². The maximum absolute atomic E-state index is 11.1. The van der Waals surface area contributed by atoms with E-state index in [0.29, 0.717) is 19.2 Å². The van der Waals surface area contributed by atoms with Gasteiger partial charge in [0, 0.05) is 0 Å². The van der Waals surface area contributed by atoms with Crippen molar-refractivity contribution in [3.05, 3.63) is 43.0 Å². The lowest BCUT2D eigenvalue weighted by Crippen LogP contribution is -2.07.